The summed E-state index contributed by atoms with van der Waals surface area (Å²) < 4.78 is 97.0. The quantitative estimate of drug-likeness (QED) is 0.314. The number of rotatable bonds is 6. The highest BCUT2D eigenvalue weighted by Gasteiger charge is 2.43. The fourth-order valence-corrected chi connectivity index (χ4v) is 5.18. The van der Waals surface area contributed by atoms with Gasteiger partial charge in [-0.25, -0.2) is 4.39 Å². The van der Waals surface area contributed by atoms with E-state index in [0.717, 1.165) is 18.2 Å². The van der Waals surface area contributed by atoms with Crippen LogP contribution in [0.5, 0.6) is 0 Å². The number of aliphatic carboxylic acids is 1. The molecule has 3 aromatic rings. The van der Waals surface area contributed by atoms with Gasteiger partial charge < -0.3 is 5.11 Å². The summed E-state index contributed by atoms with van der Waals surface area (Å²) in [5.41, 5.74) is -0.176. The Hall–Kier alpha value is -3.40. The van der Waals surface area contributed by atoms with Crippen molar-refractivity contribution in [2.75, 3.05) is 13.1 Å². The number of nitrogens with zero attached hydrogens (tertiary/aromatic N) is 1. The zero-order chi connectivity index (χ0) is 28.5. The number of carboxylic acids is 1. The first-order valence-electron chi connectivity index (χ1n) is 12.4. The SMILES string of the molecule is C[C@H](C(=O)O)c1cc(-c2ccccc2)c([C@H](c2ccc(F)cc2)N2CCC(C(F)(F)F)CC2)cc1C(F)(F)F. The predicted octanol–water partition coefficient (Wildman–Crippen LogP) is 8.06. The zero-order valence-electron chi connectivity index (χ0n) is 20.9. The minimum absolute atomic E-state index is 0.0465. The molecule has 1 saturated heterocycles. The lowest BCUT2D eigenvalue weighted by Crippen LogP contribution is -2.41. The molecule has 39 heavy (non-hydrogen) atoms. The highest BCUT2D eigenvalue weighted by molar-refractivity contribution is 5.79. The maximum absolute atomic E-state index is 14.3. The molecule has 3 aromatic carbocycles. The number of hydrogen-bond donors (Lipinski definition) is 1. The van der Waals surface area contributed by atoms with Crippen LogP contribution in [0.4, 0.5) is 30.7 Å². The first-order chi connectivity index (χ1) is 18.3. The van der Waals surface area contributed by atoms with E-state index < -0.39 is 53.1 Å². The topological polar surface area (TPSA) is 40.5 Å². The normalized spacial score (nSPS) is 17.1. The second-order valence-electron chi connectivity index (χ2n) is 9.76. The molecule has 0 saturated carbocycles. The molecule has 3 nitrogen and oxygen atoms in total. The molecule has 1 heterocycles. The summed E-state index contributed by atoms with van der Waals surface area (Å²) in [6.45, 7) is 1.07. The van der Waals surface area contributed by atoms with E-state index in [-0.39, 0.29) is 31.5 Å². The van der Waals surface area contributed by atoms with Crippen molar-refractivity contribution in [3.05, 3.63) is 94.8 Å². The Kier molecular flexibility index (Phi) is 8.07. The third-order valence-corrected chi connectivity index (χ3v) is 7.29. The van der Waals surface area contributed by atoms with Crippen molar-refractivity contribution in [1.82, 2.24) is 4.90 Å². The summed E-state index contributed by atoms with van der Waals surface area (Å²) in [6.07, 6.45) is -9.76. The average Bonchev–Trinajstić information content (AvgIpc) is 2.89. The van der Waals surface area contributed by atoms with Crippen LogP contribution in [0.1, 0.15) is 54.0 Å². The minimum atomic E-state index is -4.90. The molecule has 0 radical (unpaired) electrons. The molecule has 0 unspecified atom stereocenters. The number of carbonyl (C=O) groups is 1. The van der Waals surface area contributed by atoms with E-state index in [9.17, 15) is 40.6 Å². The zero-order valence-corrected chi connectivity index (χ0v) is 20.9. The van der Waals surface area contributed by atoms with Gasteiger partial charge in [0.05, 0.1) is 23.4 Å². The molecule has 1 N–H and O–H groups in total. The van der Waals surface area contributed by atoms with Crippen LogP contribution in [0.25, 0.3) is 11.1 Å². The van der Waals surface area contributed by atoms with E-state index >= 15 is 0 Å². The summed E-state index contributed by atoms with van der Waals surface area (Å²) in [5.74, 6) is -5.01. The van der Waals surface area contributed by atoms with Gasteiger partial charge in [-0.3, -0.25) is 9.69 Å². The van der Waals surface area contributed by atoms with Crippen LogP contribution in [0.2, 0.25) is 0 Å². The molecule has 1 aliphatic rings. The van der Waals surface area contributed by atoms with E-state index in [1.165, 1.54) is 25.1 Å². The van der Waals surface area contributed by atoms with E-state index in [1.54, 1.807) is 35.2 Å². The smallest absolute Gasteiger partial charge is 0.416 e. The number of benzene rings is 3. The van der Waals surface area contributed by atoms with Crippen molar-refractivity contribution in [3.8, 4) is 11.1 Å². The van der Waals surface area contributed by atoms with Crippen molar-refractivity contribution in [3.63, 3.8) is 0 Å². The second-order valence-corrected chi connectivity index (χ2v) is 9.76. The van der Waals surface area contributed by atoms with Gasteiger partial charge in [0.15, 0.2) is 0 Å². The van der Waals surface area contributed by atoms with Crippen LogP contribution in [0.3, 0.4) is 0 Å². The summed E-state index contributed by atoms with van der Waals surface area (Å²) in [7, 11) is 0. The molecule has 0 aromatic heterocycles. The molecule has 1 aliphatic heterocycles. The van der Waals surface area contributed by atoms with E-state index in [2.05, 4.69) is 0 Å². The average molecular weight is 554 g/mol. The van der Waals surface area contributed by atoms with E-state index in [1.807, 2.05) is 0 Å². The fourth-order valence-electron chi connectivity index (χ4n) is 5.18. The van der Waals surface area contributed by atoms with Crippen molar-refractivity contribution >= 4 is 5.97 Å². The molecular formula is C29H26F7NO2. The van der Waals surface area contributed by atoms with Crippen LogP contribution in [-0.2, 0) is 11.0 Å². The number of hydrogen-bond acceptors (Lipinski definition) is 2. The van der Waals surface area contributed by atoms with Gasteiger partial charge in [0, 0.05) is 0 Å². The Bertz CT molecular complexity index is 1300. The van der Waals surface area contributed by atoms with Crippen LogP contribution in [-0.4, -0.2) is 35.2 Å². The molecule has 0 spiro atoms. The largest absolute Gasteiger partial charge is 0.481 e. The van der Waals surface area contributed by atoms with Crippen molar-refractivity contribution in [1.29, 1.82) is 0 Å². The van der Waals surface area contributed by atoms with E-state index in [0.29, 0.717) is 16.7 Å². The summed E-state index contributed by atoms with van der Waals surface area (Å²) >= 11 is 0. The lowest BCUT2D eigenvalue weighted by Gasteiger charge is -2.39. The monoisotopic (exact) mass is 553 g/mol. The summed E-state index contributed by atoms with van der Waals surface area (Å²) in [5, 5.41) is 9.56. The molecule has 2 atom stereocenters. The van der Waals surface area contributed by atoms with Gasteiger partial charge in [-0.2, -0.15) is 26.3 Å². The Morgan fingerprint density at radius 1 is 0.897 bits per heavy atom. The molecule has 4 rings (SSSR count). The molecule has 1 fully saturated rings. The van der Waals surface area contributed by atoms with Gasteiger partial charge in [-0.05, 0) is 84.9 Å². The lowest BCUT2D eigenvalue weighted by molar-refractivity contribution is -0.185. The summed E-state index contributed by atoms with van der Waals surface area (Å²) in [6, 6.07) is 14.7. The molecule has 208 valence electrons. The number of piperidine rings is 1. The fraction of sp³-hybridized carbons (Fsp3) is 0.345. The van der Waals surface area contributed by atoms with Gasteiger partial charge >= 0.3 is 18.3 Å². The van der Waals surface area contributed by atoms with Crippen molar-refractivity contribution in [2.24, 2.45) is 5.92 Å². The van der Waals surface area contributed by atoms with Crippen molar-refractivity contribution in [2.45, 2.75) is 44.1 Å². The first kappa shape index (κ1) is 28.6. The number of alkyl halides is 6. The van der Waals surface area contributed by atoms with E-state index in [4.69, 9.17) is 0 Å². The van der Waals surface area contributed by atoms with Gasteiger partial charge in [0.2, 0.25) is 0 Å². The third-order valence-electron chi connectivity index (χ3n) is 7.29. The number of carboxylic acid groups (broad SMARTS) is 1. The van der Waals surface area contributed by atoms with Gasteiger partial charge in [0.1, 0.15) is 5.82 Å². The Morgan fingerprint density at radius 2 is 1.49 bits per heavy atom. The molecule has 0 bridgehead atoms. The number of halogens is 7. The van der Waals surface area contributed by atoms with Crippen LogP contribution in [0.15, 0.2) is 66.7 Å². The molecule has 0 amide bonds. The van der Waals surface area contributed by atoms with Gasteiger partial charge in [-0.1, -0.05) is 42.5 Å². The third kappa shape index (κ3) is 6.27. The van der Waals surface area contributed by atoms with Crippen molar-refractivity contribution < 1.29 is 40.6 Å². The van der Waals surface area contributed by atoms with Crippen LogP contribution < -0.4 is 0 Å². The second kappa shape index (κ2) is 11.0. The maximum atomic E-state index is 14.3. The van der Waals surface area contributed by atoms with Gasteiger partial charge in [-0.15, -0.1) is 0 Å². The van der Waals surface area contributed by atoms with Crippen LogP contribution in [0, 0.1) is 11.7 Å². The molecule has 0 aliphatic carbocycles. The maximum Gasteiger partial charge on any atom is 0.416 e. The Labute approximate surface area is 220 Å². The highest BCUT2D eigenvalue weighted by Crippen LogP contribution is 2.45. The standard InChI is InChI=1S/C29H26F7NO2/c1-17(27(38)39)22-15-23(18-5-3-2-4-6-18)24(16-25(22)29(34,35)36)26(19-7-9-21(30)10-8-19)37-13-11-20(12-14-37)28(31,32)33/h2-10,15-17,20,26H,11-14H2,1H3,(H,38,39)/t17-,26-/m0/s1. The Balaban J connectivity index is 1.96. The predicted molar refractivity (Wildman–Crippen MR) is 132 cm³/mol. The first-order valence-corrected chi connectivity index (χ1v) is 12.4. The summed E-state index contributed by atoms with van der Waals surface area (Å²) in [4.78, 5) is 13.4. The highest BCUT2D eigenvalue weighted by atomic mass is 19.4. The number of likely N-dealkylation sites (tertiary alicyclic amines) is 1. The Morgan fingerprint density at radius 3 is 2.00 bits per heavy atom. The van der Waals surface area contributed by atoms with Gasteiger partial charge in [0.25, 0.3) is 0 Å². The molecule has 10 heteroatoms. The molecular weight excluding hydrogens is 527 g/mol. The minimum Gasteiger partial charge on any atom is -0.481 e. The lowest BCUT2D eigenvalue weighted by atomic mass is 9.83. The van der Waals surface area contributed by atoms with Crippen LogP contribution >= 0.6 is 0 Å².